The summed E-state index contributed by atoms with van der Waals surface area (Å²) < 4.78 is 32.7. The third-order valence-corrected chi connectivity index (χ3v) is 12.7. The van der Waals surface area contributed by atoms with Crippen LogP contribution in [0.3, 0.4) is 0 Å². The van der Waals surface area contributed by atoms with Crippen LogP contribution < -0.4 is 16.4 Å². The summed E-state index contributed by atoms with van der Waals surface area (Å²) in [7, 11) is -3.97. The highest BCUT2D eigenvalue weighted by Gasteiger charge is 2.62. The molecule has 0 radical (unpaired) electrons. The van der Waals surface area contributed by atoms with E-state index in [0.29, 0.717) is 24.8 Å². The van der Waals surface area contributed by atoms with Crippen molar-refractivity contribution < 1.29 is 32.3 Å². The van der Waals surface area contributed by atoms with Gasteiger partial charge in [0.05, 0.1) is 5.75 Å². The Morgan fingerprint density at radius 3 is 2.32 bits per heavy atom. The molecule has 0 spiro atoms. The van der Waals surface area contributed by atoms with Gasteiger partial charge in [0.1, 0.15) is 28.0 Å². The quantitative estimate of drug-likeness (QED) is 0.350. The third kappa shape index (κ3) is 7.75. The van der Waals surface area contributed by atoms with Gasteiger partial charge < -0.3 is 26.0 Å². The maximum absolute atomic E-state index is 14.6. The summed E-state index contributed by atoms with van der Waals surface area (Å²) in [4.78, 5) is 56.1. The van der Waals surface area contributed by atoms with Crippen molar-refractivity contribution in [2.75, 3.05) is 12.3 Å². The number of nitrogens with zero attached hydrogens (tertiary/aromatic N) is 1. The minimum atomic E-state index is -3.97. The van der Waals surface area contributed by atoms with Crippen molar-refractivity contribution in [3.05, 3.63) is 72.3 Å². The van der Waals surface area contributed by atoms with Gasteiger partial charge in [0.25, 0.3) is 0 Å². The van der Waals surface area contributed by atoms with E-state index in [2.05, 4.69) is 10.6 Å². The number of carbonyl (C=O) groups excluding carboxylic acids is 4. The lowest BCUT2D eigenvalue weighted by molar-refractivity contribution is -0.141. The summed E-state index contributed by atoms with van der Waals surface area (Å²) in [6.07, 6.45) is 6.69. The number of hydrogen-bond acceptors (Lipinski definition) is 7. The Kier molecular flexibility index (Phi) is 10.8. The van der Waals surface area contributed by atoms with Gasteiger partial charge in [0.15, 0.2) is 9.84 Å². The van der Waals surface area contributed by atoms with Crippen LogP contribution in [0.15, 0.2) is 66.7 Å². The van der Waals surface area contributed by atoms with Gasteiger partial charge in [-0.25, -0.2) is 13.2 Å². The van der Waals surface area contributed by atoms with Crippen LogP contribution in [0.2, 0.25) is 0 Å². The molecule has 2 aliphatic heterocycles. The first-order chi connectivity index (χ1) is 23.6. The monoisotopic (exact) mass is 706 g/mol. The van der Waals surface area contributed by atoms with Crippen LogP contribution in [-0.2, 0) is 33.7 Å². The van der Waals surface area contributed by atoms with Crippen molar-refractivity contribution in [3.63, 3.8) is 0 Å². The normalized spacial score (nSPS) is 28.2. The number of nitrogens with two attached hydrogens (primary N) is 1. The highest BCUT2D eigenvalue weighted by Crippen LogP contribution is 2.47. The van der Waals surface area contributed by atoms with Gasteiger partial charge in [-0.1, -0.05) is 86.5 Å². The molecule has 12 heteroatoms. The number of hydrogen-bond donors (Lipinski definition) is 3. The number of sulfone groups is 1. The van der Waals surface area contributed by atoms with Crippen LogP contribution in [0.5, 0.6) is 0 Å². The number of amides is 4. The molecule has 0 aromatic heterocycles. The number of carbonyl (C=O) groups is 4. The van der Waals surface area contributed by atoms with Crippen LogP contribution in [0.25, 0.3) is 11.1 Å². The van der Waals surface area contributed by atoms with Gasteiger partial charge in [0.2, 0.25) is 17.7 Å². The Morgan fingerprint density at radius 1 is 1.00 bits per heavy atom. The zero-order valence-corrected chi connectivity index (χ0v) is 30.3. The Labute approximate surface area is 295 Å². The van der Waals surface area contributed by atoms with Gasteiger partial charge in [-0.2, -0.15) is 0 Å². The lowest BCUT2D eigenvalue weighted by atomic mass is 9.93. The summed E-state index contributed by atoms with van der Waals surface area (Å²) in [5.41, 5.74) is 5.99. The fraction of sp³-hybridized carbons (Fsp3) is 0.526. The minimum absolute atomic E-state index is 0.165. The Balaban J connectivity index is 1.60. The molecule has 2 heterocycles. The van der Waals surface area contributed by atoms with Crippen LogP contribution >= 0.6 is 0 Å². The average Bonchev–Trinajstić information content (AvgIpc) is 3.59. The topological polar surface area (TPSA) is 165 Å². The highest BCUT2D eigenvalue weighted by atomic mass is 32.2. The predicted octanol–water partition coefficient (Wildman–Crippen LogP) is 4.75. The molecule has 1 saturated carbocycles. The van der Waals surface area contributed by atoms with E-state index in [9.17, 15) is 27.6 Å². The van der Waals surface area contributed by atoms with Gasteiger partial charge in [0, 0.05) is 18.9 Å². The molecule has 50 heavy (non-hydrogen) atoms. The minimum Gasteiger partial charge on any atom is -0.444 e. The second-order valence-electron chi connectivity index (χ2n) is 14.8. The van der Waals surface area contributed by atoms with Gasteiger partial charge in [-0.05, 0) is 69.6 Å². The first-order valence-electron chi connectivity index (χ1n) is 17.6. The summed E-state index contributed by atoms with van der Waals surface area (Å²) in [5, 5.41) is 5.58. The molecular weight excluding hydrogens is 657 g/mol. The number of nitrogens with one attached hydrogen (secondary N) is 2. The zero-order valence-electron chi connectivity index (χ0n) is 29.4. The van der Waals surface area contributed by atoms with E-state index in [1.807, 2.05) is 54.6 Å². The molecular formula is C38H50N4O7S. The Hall–Kier alpha value is -4.19. The molecule has 2 aromatic rings. The van der Waals surface area contributed by atoms with E-state index in [1.165, 1.54) is 4.90 Å². The predicted molar refractivity (Wildman–Crippen MR) is 191 cm³/mol. The second kappa shape index (κ2) is 14.6. The number of benzene rings is 2. The molecule has 5 atom stereocenters. The van der Waals surface area contributed by atoms with Crippen LogP contribution in [0.4, 0.5) is 4.79 Å². The van der Waals surface area contributed by atoms with Crippen molar-refractivity contribution in [3.8, 4) is 11.1 Å². The maximum atomic E-state index is 14.6. The first-order valence-corrected chi connectivity index (χ1v) is 19.2. The molecule has 0 bridgehead atoms. The van der Waals surface area contributed by atoms with Gasteiger partial charge in [-0.15, -0.1) is 0 Å². The molecule has 2 aromatic carbocycles. The number of primary amides is 1. The number of allylic oxidation sites excluding steroid dienone is 1. The number of rotatable bonds is 7. The lowest BCUT2D eigenvalue weighted by Gasteiger charge is -2.32. The molecule has 1 saturated heterocycles. The fourth-order valence-corrected chi connectivity index (χ4v) is 9.45. The van der Waals surface area contributed by atoms with Crippen molar-refractivity contribution in [2.45, 2.75) is 107 Å². The SMILES string of the molecule is CCCS(=O)(=O)[C@@]1(c2ccc(-c3ccccc3)cc2)C[C@H]2C(=O)N[C@]3(C(N)=O)CC3/C=C\CCCCC[C@H](NC(=O)OC(C)(C)C)C(=O)N2C1. The molecule has 5 rings (SSSR count). The van der Waals surface area contributed by atoms with E-state index in [4.69, 9.17) is 10.5 Å². The van der Waals surface area contributed by atoms with Crippen molar-refractivity contribution in [1.82, 2.24) is 15.5 Å². The second-order valence-corrected chi connectivity index (χ2v) is 17.3. The summed E-state index contributed by atoms with van der Waals surface area (Å²) in [6, 6.07) is 14.5. The maximum Gasteiger partial charge on any atom is 0.408 e. The van der Waals surface area contributed by atoms with Crippen molar-refractivity contribution in [2.24, 2.45) is 11.7 Å². The number of ether oxygens (including phenoxy) is 1. The standard InChI is InChI=1S/C38H50N4O7S/c1-5-22-50(47,48)37(28-20-18-27(19-21-28)26-14-10-9-11-15-26)24-31-32(43)41-38(34(39)45)23-29(38)16-12-7-6-8-13-17-30(33(44)42(31)25-37)40-35(46)49-36(2,3)4/h9-12,14-16,18-21,29-31H,5-8,13,17,22-25H2,1-4H3,(H2,39,45)(H,40,46)(H,41,43)/b16-12-/t29?,30-,31-,37-,38+/m0/s1. The molecule has 11 nitrogen and oxygen atoms in total. The van der Waals surface area contributed by atoms with Crippen LogP contribution in [0.1, 0.15) is 84.6 Å². The molecule has 4 amide bonds. The van der Waals surface area contributed by atoms with Gasteiger partial charge >= 0.3 is 6.09 Å². The van der Waals surface area contributed by atoms with E-state index >= 15 is 0 Å². The largest absolute Gasteiger partial charge is 0.444 e. The van der Waals surface area contributed by atoms with E-state index in [0.717, 1.165) is 30.4 Å². The Bertz CT molecular complexity index is 1720. The third-order valence-electron chi connectivity index (χ3n) is 10.0. The first kappa shape index (κ1) is 37.1. The zero-order chi connectivity index (χ0) is 36.3. The van der Waals surface area contributed by atoms with Gasteiger partial charge in [-0.3, -0.25) is 14.4 Å². The van der Waals surface area contributed by atoms with E-state index in [1.54, 1.807) is 39.8 Å². The fourth-order valence-electron chi connectivity index (χ4n) is 7.28. The molecule has 270 valence electrons. The Morgan fingerprint density at radius 2 is 1.68 bits per heavy atom. The molecule has 4 N–H and O–H groups in total. The summed E-state index contributed by atoms with van der Waals surface area (Å²) in [5.74, 6) is -2.40. The summed E-state index contributed by atoms with van der Waals surface area (Å²) in [6.45, 7) is 6.61. The number of alkyl carbamates (subject to hydrolysis) is 1. The van der Waals surface area contributed by atoms with E-state index < -0.39 is 61.6 Å². The number of fused-ring (bicyclic) bond motifs is 2. The molecule has 1 aliphatic carbocycles. The smallest absolute Gasteiger partial charge is 0.408 e. The van der Waals surface area contributed by atoms with Crippen LogP contribution in [0, 0.1) is 5.92 Å². The molecule has 3 aliphatic rings. The van der Waals surface area contributed by atoms with E-state index in [-0.39, 0.29) is 31.1 Å². The molecule has 2 fully saturated rings. The van der Waals surface area contributed by atoms with Crippen molar-refractivity contribution in [1.29, 1.82) is 0 Å². The van der Waals surface area contributed by atoms with Crippen molar-refractivity contribution >= 4 is 33.7 Å². The average molecular weight is 707 g/mol. The molecule has 1 unspecified atom stereocenters. The summed E-state index contributed by atoms with van der Waals surface area (Å²) >= 11 is 0. The lowest BCUT2D eigenvalue weighted by Crippen LogP contribution is -2.57. The highest BCUT2D eigenvalue weighted by molar-refractivity contribution is 7.92. The van der Waals surface area contributed by atoms with Crippen LogP contribution in [-0.4, -0.2) is 72.7 Å².